The molecule has 0 saturated heterocycles. The fourth-order valence-corrected chi connectivity index (χ4v) is 15.2. The molecule has 632 valence electrons. The van der Waals surface area contributed by atoms with Crippen LogP contribution in [0.25, 0.3) is 0 Å². The number of amides is 2. The van der Waals surface area contributed by atoms with Crippen LogP contribution in [0.4, 0.5) is 0 Å². The minimum absolute atomic E-state index is 0.00621. The number of nitrogens with zero attached hydrogens (tertiary/aromatic N) is 9. The molecule has 0 aliphatic heterocycles. The van der Waals surface area contributed by atoms with Crippen molar-refractivity contribution in [3.63, 3.8) is 0 Å². The molecular weight excluding hydrogens is 1430 g/mol. The summed E-state index contributed by atoms with van der Waals surface area (Å²) in [4.78, 5) is 50.8. The molecule has 0 atom stereocenters. The second-order valence-corrected chi connectivity index (χ2v) is 38.3. The van der Waals surface area contributed by atoms with E-state index in [1.807, 2.05) is 0 Å². The van der Waals surface area contributed by atoms with E-state index in [0.29, 0.717) is 110 Å². The van der Waals surface area contributed by atoms with Gasteiger partial charge in [0.2, 0.25) is 0 Å². The van der Waals surface area contributed by atoms with Gasteiger partial charge >= 0.3 is 0 Å². The Kier molecular flexibility index (Phi) is 40.1. The van der Waals surface area contributed by atoms with E-state index in [1.54, 1.807) is 48.5 Å². The number of quaternary nitrogens is 9. The van der Waals surface area contributed by atoms with E-state index in [4.69, 9.17) is 4.74 Å². The van der Waals surface area contributed by atoms with Crippen molar-refractivity contribution in [3.8, 4) is 0 Å². The molecule has 6 aromatic carbocycles. The minimum atomic E-state index is -0.132. The Balaban J connectivity index is 0.000000407. The molecule has 0 spiro atoms. The van der Waals surface area contributed by atoms with Gasteiger partial charge in [0.25, 0.3) is 11.8 Å². The van der Waals surface area contributed by atoms with E-state index in [2.05, 4.69) is 234 Å². The van der Waals surface area contributed by atoms with Crippen molar-refractivity contribution in [1.29, 1.82) is 0 Å². The molecule has 0 aliphatic carbocycles. The highest BCUT2D eigenvalue weighted by molar-refractivity contribution is 5.99. The molecule has 0 fully saturated rings. The first-order valence-electron chi connectivity index (χ1n) is 42.1. The maximum atomic E-state index is 12.8. The number of ether oxygens (including phenoxy) is 1. The topological polar surface area (TPSA) is 182 Å². The summed E-state index contributed by atoms with van der Waals surface area (Å²) in [5.41, 5.74) is 12.7. The van der Waals surface area contributed by atoms with Crippen LogP contribution in [0.5, 0.6) is 0 Å². The van der Waals surface area contributed by atoms with Gasteiger partial charge in [0.05, 0.1) is 186 Å². The van der Waals surface area contributed by atoms with Crippen molar-refractivity contribution in [1.82, 2.24) is 10.6 Å². The van der Waals surface area contributed by atoms with E-state index in [9.17, 15) is 39.6 Å². The molecule has 6 rings (SSSR count). The van der Waals surface area contributed by atoms with Gasteiger partial charge in [-0.1, -0.05) is 128 Å². The van der Waals surface area contributed by atoms with Crippen molar-refractivity contribution >= 4 is 23.4 Å². The molecule has 0 bridgehead atoms. The Morgan fingerprint density at radius 2 is 0.544 bits per heavy atom. The standard InChI is InChI=1S/C47H78N6O3.C47H76N5O6/c1-49(2,3)30-14-13-16-46(54)44-25-27-45(28-26-44)47(55)48-29-15-31-51(7,8)37-41-21-23-43(24-22-41)39-53(11,12)33-35-56-34-32-52(9,10)38-42-19-17-40(18-20-42)36-50(4,5)6;1-7-40-12-14-42(15-13-40)38-51(29-33-53,30-34-54)27-28-52(31-35-55,32-36-56)39-43-18-16-41(17-19-43)37-50(5,6)26-10-24-48-47(58)45-22-20-44(21-23-45)46(57)11-8-9-25-49(2,3)4/h17-28H,13-16,29-39H2,1-12H3;12-23,53-56H,7-11,24-39H2,1-6H3/q+4;+3/p+2. The van der Waals surface area contributed by atoms with Gasteiger partial charge in [-0.15, -0.1) is 0 Å². The lowest BCUT2D eigenvalue weighted by atomic mass is 10.0. The summed E-state index contributed by atoms with van der Waals surface area (Å²) in [5, 5.41) is 46.9. The van der Waals surface area contributed by atoms with Crippen molar-refractivity contribution in [2.75, 3.05) is 251 Å². The smallest absolute Gasteiger partial charge is 0.251 e. The number of carbonyl (C=O) groups excluding carboxylic acids is 4. The zero-order chi connectivity index (χ0) is 84.3. The van der Waals surface area contributed by atoms with Gasteiger partial charge in [0, 0.05) is 100.0 Å². The van der Waals surface area contributed by atoms with Crippen LogP contribution in [0.3, 0.4) is 0 Å². The van der Waals surface area contributed by atoms with Gasteiger partial charge < -0.3 is 76.1 Å². The van der Waals surface area contributed by atoms with E-state index >= 15 is 0 Å². The first-order valence-corrected chi connectivity index (χ1v) is 42.1. The minimum Gasteiger partial charge on any atom is -0.391 e. The number of aryl methyl sites for hydroxylation is 1. The SMILES string of the molecule is CCc1ccc(C[N+](CCO)(CCO)CC[N+](CCO)(CCO)Cc2ccc(C[N+](C)(C)CCCNC(=O)c3ccc(C(=O)CCCC[N+](C)(C)C)cc3)cc2)cc1.C[N+](C)(C)CCCCC(=O)c1ccc(C(=O)NCCC[N+](C)(C)Cc2ccc(C[N+](C)(C)CCOCC[N+](C)(C)Cc3ccc(C[N+](C)(C)C)cc3)cc2)cc1. The Labute approximate surface area is 689 Å². The van der Waals surface area contributed by atoms with E-state index in [-0.39, 0.29) is 49.8 Å². The number of benzene rings is 6. The molecule has 6 N–H and O–H groups in total. The first-order chi connectivity index (χ1) is 53.6. The Morgan fingerprint density at radius 3 is 0.816 bits per heavy atom. The highest BCUT2D eigenvalue weighted by atomic mass is 16.5. The lowest BCUT2D eigenvalue weighted by Crippen LogP contribution is -2.60. The third-order valence-electron chi connectivity index (χ3n) is 22.0. The summed E-state index contributed by atoms with van der Waals surface area (Å²) in [5.74, 6) is 0.0426. The van der Waals surface area contributed by atoms with Gasteiger partial charge in [0.1, 0.15) is 98.2 Å². The number of likely N-dealkylation sites (N-methyl/N-ethyl adjacent to an activating group) is 2. The highest BCUT2D eigenvalue weighted by Gasteiger charge is 2.35. The summed E-state index contributed by atoms with van der Waals surface area (Å²) in [7, 11) is 37.7. The monoisotopic (exact) mass is 1580 g/mol. The largest absolute Gasteiger partial charge is 0.391 e. The van der Waals surface area contributed by atoms with Crippen molar-refractivity contribution in [3.05, 3.63) is 212 Å². The number of unbranched alkanes of at least 4 members (excludes halogenated alkanes) is 2. The molecule has 0 saturated carbocycles. The van der Waals surface area contributed by atoms with Crippen molar-refractivity contribution in [2.45, 2.75) is 111 Å². The van der Waals surface area contributed by atoms with Gasteiger partial charge in [-0.05, 0) is 61.9 Å². The van der Waals surface area contributed by atoms with Crippen LogP contribution in [-0.2, 0) is 57.0 Å². The third kappa shape index (κ3) is 38.9. The number of aliphatic hydroxyl groups is 4. The fraction of sp³-hybridized carbons (Fsp3) is 0.574. The van der Waals surface area contributed by atoms with Crippen LogP contribution in [0.1, 0.15) is 144 Å². The Hall–Kier alpha value is -6.96. The maximum absolute atomic E-state index is 12.8. The molecule has 2 amide bonds. The zero-order valence-electron chi connectivity index (χ0n) is 74.2. The quantitative estimate of drug-likeness (QED) is 0.0123. The predicted molar refractivity (Wildman–Crippen MR) is 465 cm³/mol. The number of nitrogens with one attached hydrogen (secondary N) is 2. The Morgan fingerprint density at radius 1 is 0.281 bits per heavy atom. The average molecular weight is 1580 g/mol. The molecule has 0 unspecified atom stereocenters. The van der Waals surface area contributed by atoms with Crippen LogP contribution in [-0.4, -0.2) is 335 Å². The molecule has 0 heterocycles. The summed E-state index contributed by atoms with van der Waals surface area (Å²) in [6.07, 6.45) is 7.53. The number of rotatable bonds is 54. The number of hydrogen-bond donors (Lipinski definition) is 6. The third-order valence-corrected chi connectivity index (χ3v) is 22.0. The molecule has 6 aromatic rings. The first kappa shape index (κ1) is 97.6. The number of Topliss-reactive ketones (excluding diaryl/α,β-unsaturated/α-hetero) is 2. The summed E-state index contributed by atoms with van der Waals surface area (Å²) < 4.78 is 13.3. The number of hydrogen-bond acceptors (Lipinski definition) is 9. The molecule has 0 aromatic heterocycles. The zero-order valence-corrected chi connectivity index (χ0v) is 74.2. The summed E-state index contributed by atoms with van der Waals surface area (Å²) in [6, 6.07) is 49.5. The van der Waals surface area contributed by atoms with Crippen molar-refractivity contribution < 1.29 is 84.7 Å². The van der Waals surface area contributed by atoms with E-state index < -0.39 is 0 Å². The summed E-state index contributed by atoms with van der Waals surface area (Å²) >= 11 is 0. The lowest BCUT2D eigenvalue weighted by molar-refractivity contribution is -0.993. The molecule has 0 radical (unpaired) electrons. The molecule has 114 heavy (non-hydrogen) atoms. The highest BCUT2D eigenvalue weighted by Crippen LogP contribution is 2.24. The maximum Gasteiger partial charge on any atom is 0.251 e. The molecule has 20 heteroatoms. The summed E-state index contributed by atoms with van der Waals surface area (Å²) in [6.45, 7) is 20.2. The Bertz CT molecular complexity index is 3760. The number of aliphatic hydroxyl groups excluding tert-OH is 4. The van der Waals surface area contributed by atoms with Crippen LogP contribution >= 0.6 is 0 Å². The van der Waals surface area contributed by atoms with Gasteiger partial charge in [-0.3, -0.25) is 19.2 Å². The lowest BCUT2D eigenvalue weighted by Gasteiger charge is -2.43. The second kappa shape index (κ2) is 46.8. The van der Waals surface area contributed by atoms with E-state index in [0.717, 1.165) is 173 Å². The van der Waals surface area contributed by atoms with Crippen LogP contribution < -0.4 is 10.6 Å². The van der Waals surface area contributed by atoms with Crippen molar-refractivity contribution in [2.24, 2.45) is 0 Å². The van der Waals surface area contributed by atoms with Crippen LogP contribution in [0, 0.1) is 0 Å². The number of carbonyl (C=O) groups is 4. The number of ketones is 2. The van der Waals surface area contributed by atoms with Gasteiger partial charge in [0.15, 0.2) is 11.6 Å². The fourth-order valence-electron chi connectivity index (χ4n) is 15.2. The van der Waals surface area contributed by atoms with Crippen LogP contribution in [0.2, 0.25) is 0 Å². The van der Waals surface area contributed by atoms with Gasteiger partial charge in [-0.25, -0.2) is 0 Å². The molecule has 20 nitrogen and oxygen atoms in total. The predicted octanol–water partition coefficient (Wildman–Crippen LogP) is 10.2. The van der Waals surface area contributed by atoms with Crippen LogP contribution in [0.15, 0.2) is 146 Å². The van der Waals surface area contributed by atoms with Gasteiger partial charge in [-0.2, -0.15) is 0 Å². The molecule has 0 aliphatic rings. The molecular formula is C94H156N11O9+9. The normalized spacial score (nSPS) is 12.7. The van der Waals surface area contributed by atoms with E-state index in [1.165, 1.54) is 33.4 Å². The average Bonchev–Trinajstić information content (AvgIpc) is 0.814. The second-order valence-electron chi connectivity index (χ2n) is 38.3.